The van der Waals surface area contributed by atoms with Gasteiger partial charge in [0.05, 0.1) is 17.5 Å². The highest BCUT2D eigenvalue weighted by atomic mass is 32.2. The zero-order valence-corrected chi connectivity index (χ0v) is 8.39. The van der Waals surface area contributed by atoms with Crippen molar-refractivity contribution < 1.29 is 13.8 Å². The highest BCUT2D eigenvalue weighted by Crippen LogP contribution is 2.10. The van der Waals surface area contributed by atoms with E-state index in [4.69, 9.17) is 0 Å². The van der Waals surface area contributed by atoms with Crippen molar-refractivity contribution in [1.29, 1.82) is 0 Å². The van der Waals surface area contributed by atoms with Gasteiger partial charge in [0, 0.05) is 6.26 Å². The summed E-state index contributed by atoms with van der Waals surface area (Å²) in [7, 11) is -1.27. The number of nitrogens with zero attached hydrogens (tertiary/aromatic N) is 1. The Bertz CT molecular complexity index is 266. The summed E-state index contributed by atoms with van der Waals surface area (Å²) in [5.41, 5.74) is 0. The first kappa shape index (κ1) is 10.3. The Balaban J connectivity index is 2.83. The summed E-state index contributed by atoms with van der Waals surface area (Å²) in [5.74, 6) is -0.737. The summed E-state index contributed by atoms with van der Waals surface area (Å²) in [6, 6.07) is -0.441. The number of piperazine rings is 1. The standard InChI is InChI=1S/C7H12N2O3S/c1-3-5-7(11)8-6(10)4-9(5)13(2)12/h5H,3-4H2,1-2H3,(H,8,10,11). The zero-order chi connectivity index (χ0) is 10.0. The monoisotopic (exact) mass is 204 g/mol. The minimum Gasteiger partial charge on any atom is -0.294 e. The second kappa shape index (κ2) is 3.97. The molecule has 74 valence electrons. The Kier molecular flexibility index (Phi) is 3.16. The van der Waals surface area contributed by atoms with Crippen LogP contribution >= 0.6 is 0 Å². The molecule has 0 aromatic heterocycles. The minimum atomic E-state index is -1.27. The molecule has 2 atom stereocenters. The summed E-state index contributed by atoms with van der Waals surface area (Å²) < 4.78 is 12.6. The van der Waals surface area contributed by atoms with Crippen molar-refractivity contribution in [3.8, 4) is 0 Å². The third kappa shape index (κ3) is 2.13. The molecule has 0 spiro atoms. The molecular formula is C7H12N2O3S. The van der Waals surface area contributed by atoms with Crippen LogP contribution in [-0.2, 0) is 20.6 Å². The molecule has 1 saturated heterocycles. The van der Waals surface area contributed by atoms with Crippen LogP contribution in [0.3, 0.4) is 0 Å². The van der Waals surface area contributed by atoms with Crippen LogP contribution in [0.25, 0.3) is 0 Å². The Hall–Kier alpha value is -0.750. The molecule has 0 aliphatic carbocycles. The van der Waals surface area contributed by atoms with E-state index in [1.54, 1.807) is 0 Å². The lowest BCUT2D eigenvalue weighted by Crippen LogP contribution is -2.57. The predicted molar refractivity (Wildman–Crippen MR) is 48.0 cm³/mol. The number of carbonyl (C=O) groups is 2. The molecule has 1 aliphatic rings. The van der Waals surface area contributed by atoms with Gasteiger partial charge in [0.15, 0.2) is 0 Å². The molecule has 0 bridgehead atoms. The fourth-order valence-corrected chi connectivity index (χ4v) is 2.20. The largest absolute Gasteiger partial charge is 0.294 e. The van der Waals surface area contributed by atoms with E-state index >= 15 is 0 Å². The maximum atomic E-state index is 11.2. The van der Waals surface area contributed by atoms with Gasteiger partial charge < -0.3 is 0 Å². The maximum Gasteiger partial charge on any atom is 0.244 e. The molecule has 0 aromatic rings. The highest BCUT2D eigenvalue weighted by Gasteiger charge is 2.34. The van der Waals surface area contributed by atoms with Gasteiger partial charge in [-0.3, -0.25) is 14.9 Å². The number of imide groups is 1. The third-order valence-corrected chi connectivity index (χ3v) is 2.97. The average molecular weight is 204 g/mol. The van der Waals surface area contributed by atoms with Crippen molar-refractivity contribution in [2.24, 2.45) is 0 Å². The number of nitrogens with one attached hydrogen (secondary N) is 1. The van der Waals surface area contributed by atoms with Crippen LogP contribution in [0.1, 0.15) is 13.3 Å². The van der Waals surface area contributed by atoms with Crippen LogP contribution in [0.15, 0.2) is 0 Å². The van der Waals surface area contributed by atoms with Gasteiger partial charge in [0.1, 0.15) is 6.04 Å². The van der Waals surface area contributed by atoms with E-state index in [2.05, 4.69) is 5.32 Å². The molecule has 1 fully saturated rings. The molecule has 1 heterocycles. The van der Waals surface area contributed by atoms with Crippen LogP contribution in [0.2, 0.25) is 0 Å². The molecule has 5 nitrogen and oxygen atoms in total. The molecule has 0 aromatic carbocycles. The van der Waals surface area contributed by atoms with Gasteiger partial charge >= 0.3 is 0 Å². The summed E-state index contributed by atoms with van der Waals surface area (Å²) >= 11 is 0. The zero-order valence-electron chi connectivity index (χ0n) is 7.57. The fourth-order valence-electron chi connectivity index (χ4n) is 1.30. The van der Waals surface area contributed by atoms with Crippen molar-refractivity contribution in [1.82, 2.24) is 9.62 Å². The molecule has 0 radical (unpaired) electrons. The SMILES string of the molecule is CCC1C(=O)NC(=O)CN1S(C)=O. The smallest absolute Gasteiger partial charge is 0.244 e. The van der Waals surface area contributed by atoms with Crippen molar-refractivity contribution in [2.45, 2.75) is 19.4 Å². The minimum absolute atomic E-state index is 0.0351. The number of rotatable bonds is 2. The van der Waals surface area contributed by atoms with Gasteiger partial charge in [0.2, 0.25) is 11.8 Å². The molecule has 6 heteroatoms. The van der Waals surface area contributed by atoms with Crippen molar-refractivity contribution in [2.75, 3.05) is 12.8 Å². The lowest BCUT2D eigenvalue weighted by atomic mass is 10.2. The van der Waals surface area contributed by atoms with E-state index in [1.807, 2.05) is 6.92 Å². The van der Waals surface area contributed by atoms with Gasteiger partial charge in [-0.25, -0.2) is 8.51 Å². The summed E-state index contributed by atoms with van der Waals surface area (Å²) in [4.78, 5) is 22.2. The number of hydrogen-bond acceptors (Lipinski definition) is 3. The van der Waals surface area contributed by atoms with E-state index in [9.17, 15) is 13.8 Å². The number of amides is 2. The first-order valence-corrected chi connectivity index (χ1v) is 5.51. The lowest BCUT2D eigenvalue weighted by Gasteiger charge is -2.30. The van der Waals surface area contributed by atoms with E-state index in [0.29, 0.717) is 6.42 Å². The maximum absolute atomic E-state index is 11.2. The van der Waals surface area contributed by atoms with E-state index < -0.39 is 17.0 Å². The highest BCUT2D eigenvalue weighted by molar-refractivity contribution is 7.81. The molecule has 0 saturated carbocycles. The Labute approximate surface area is 79.1 Å². The van der Waals surface area contributed by atoms with Crippen molar-refractivity contribution in [3.05, 3.63) is 0 Å². The van der Waals surface area contributed by atoms with Gasteiger partial charge in [-0.05, 0) is 6.42 Å². The van der Waals surface area contributed by atoms with Gasteiger partial charge in [-0.2, -0.15) is 0 Å². The van der Waals surface area contributed by atoms with Crippen LogP contribution < -0.4 is 5.32 Å². The molecule has 2 amide bonds. The topological polar surface area (TPSA) is 66.5 Å². The Morgan fingerprint density at radius 3 is 2.69 bits per heavy atom. The van der Waals surface area contributed by atoms with E-state index in [0.717, 1.165) is 0 Å². The Morgan fingerprint density at radius 2 is 2.23 bits per heavy atom. The summed E-state index contributed by atoms with van der Waals surface area (Å²) in [5, 5.41) is 2.21. The van der Waals surface area contributed by atoms with E-state index in [1.165, 1.54) is 10.6 Å². The lowest BCUT2D eigenvalue weighted by molar-refractivity contribution is -0.137. The Morgan fingerprint density at radius 1 is 1.62 bits per heavy atom. The number of carbonyl (C=O) groups excluding carboxylic acids is 2. The van der Waals surface area contributed by atoms with Crippen molar-refractivity contribution >= 4 is 22.8 Å². The van der Waals surface area contributed by atoms with Crippen LogP contribution in [0.5, 0.6) is 0 Å². The van der Waals surface area contributed by atoms with E-state index in [-0.39, 0.29) is 18.4 Å². The average Bonchev–Trinajstić information content (AvgIpc) is 2.02. The second-order valence-corrected chi connectivity index (χ2v) is 4.15. The fraction of sp³-hybridized carbons (Fsp3) is 0.714. The van der Waals surface area contributed by atoms with Gasteiger partial charge in [-0.15, -0.1) is 0 Å². The molecule has 1 aliphatic heterocycles. The molecule has 2 unspecified atom stereocenters. The number of hydrogen-bond donors (Lipinski definition) is 1. The predicted octanol–water partition coefficient (Wildman–Crippen LogP) is -0.983. The first-order valence-electron chi connectivity index (χ1n) is 4.00. The van der Waals surface area contributed by atoms with Gasteiger partial charge in [-0.1, -0.05) is 6.92 Å². The first-order chi connectivity index (χ1) is 6.06. The second-order valence-electron chi connectivity index (χ2n) is 2.84. The molecule has 1 rings (SSSR count). The third-order valence-electron chi connectivity index (χ3n) is 1.93. The summed E-state index contributed by atoms with van der Waals surface area (Å²) in [6.07, 6.45) is 2.02. The summed E-state index contributed by atoms with van der Waals surface area (Å²) in [6.45, 7) is 1.85. The molecular weight excluding hydrogens is 192 g/mol. The molecule has 13 heavy (non-hydrogen) atoms. The quantitative estimate of drug-likeness (QED) is 0.588. The van der Waals surface area contributed by atoms with Gasteiger partial charge in [0.25, 0.3) is 0 Å². The normalized spacial score (nSPS) is 27.1. The van der Waals surface area contributed by atoms with Crippen LogP contribution in [0, 0.1) is 0 Å². The van der Waals surface area contributed by atoms with Crippen LogP contribution in [-0.4, -0.2) is 39.2 Å². The van der Waals surface area contributed by atoms with Crippen molar-refractivity contribution in [3.63, 3.8) is 0 Å². The van der Waals surface area contributed by atoms with Crippen LogP contribution in [0.4, 0.5) is 0 Å². The molecule has 1 N–H and O–H groups in total.